The fourth-order valence-electron chi connectivity index (χ4n) is 3.98. The Hall–Kier alpha value is -3.22. The average molecular weight is 400 g/mol. The summed E-state index contributed by atoms with van der Waals surface area (Å²) in [6.07, 6.45) is 4.04. The summed E-state index contributed by atoms with van der Waals surface area (Å²) in [4.78, 5) is 36.9. The van der Waals surface area contributed by atoms with E-state index in [0.717, 1.165) is 29.1 Å². The minimum absolute atomic E-state index is 0.388. The molecule has 1 unspecified atom stereocenters. The molecule has 6 nitrogen and oxygen atoms in total. The number of hydrogen-bond acceptors (Lipinski definition) is 6. The number of hydrogen-bond donors (Lipinski definition) is 0. The van der Waals surface area contributed by atoms with Crippen LogP contribution >= 0.6 is 0 Å². The fourth-order valence-corrected chi connectivity index (χ4v) is 3.98. The standard InChI is InChI=1S/C24H24N4O2/c29-18-23(30)24-22-10-2-1-7-19(22)15-28(24)14-13-27(16-20-8-3-5-11-25-20)17-21-9-4-6-12-26-21/h1-12,18,24H,13-17H2. The van der Waals surface area contributed by atoms with E-state index in [2.05, 4.69) is 19.8 Å². The molecule has 0 bridgehead atoms. The number of ketones is 1. The van der Waals surface area contributed by atoms with Crippen molar-refractivity contribution in [1.29, 1.82) is 0 Å². The predicted molar refractivity (Wildman–Crippen MR) is 113 cm³/mol. The van der Waals surface area contributed by atoms with E-state index in [4.69, 9.17) is 0 Å². The first-order chi connectivity index (χ1) is 14.7. The van der Waals surface area contributed by atoms with Crippen LogP contribution in [0.1, 0.15) is 28.6 Å². The summed E-state index contributed by atoms with van der Waals surface area (Å²) >= 11 is 0. The molecule has 1 aromatic carbocycles. The number of aromatic nitrogens is 2. The molecule has 30 heavy (non-hydrogen) atoms. The number of benzene rings is 1. The van der Waals surface area contributed by atoms with Crippen molar-refractivity contribution >= 4 is 12.1 Å². The maximum Gasteiger partial charge on any atom is 0.216 e. The minimum Gasteiger partial charge on any atom is -0.295 e. The topological polar surface area (TPSA) is 66.4 Å². The normalized spacial score (nSPS) is 15.8. The predicted octanol–water partition coefficient (Wildman–Crippen LogP) is 2.80. The monoisotopic (exact) mass is 400 g/mol. The average Bonchev–Trinajstić information content (AvgIpc) is 3.17. The maximum absolute atomic E-state index is 12.4. The highest BCUT2D eigenvalue weighted by atomic mass is 16.2. The van der Waals surface area contributed by atoms with Gasteiger partial charge in [0.15, 0.2) is 6.29 Å². The maximum atomic E-state index is 12.4. The summed E-state index contributed by atoms with van der Waals surface area (Å²) in [7, 11) is 0. The third-order valence-electron chi connectivity index (χ3n) is 5.40. The molecule has 2 aromatic heterocycles. The van der Waals surface area contributed by atoms with Crippen molar-refractivity contribution in [2.75, 3.05) is 13.1 Å². The third-order valence-corrected chi connectivity index (χ3v) is 5.40. The van der Waals surface area contributed by atoms with Gasteiger partial charge in [0.1, 0.15) is 6.04 Å². The van der Waals surface area contributed by atoms with Crippen LogP contribution < -0.4 is 0 Å². The van der Waals surface area contributed by atoms with Crippen LogP contribution in [-0.2, 0) is 29.2 Å². The Morgan fingerprint density at radius 1 is 0.967 bits per heavy atom. The summed E-state index contributed by atoms with van der Waals surface area (Å²) in [5.74, 6) is -0.388. The molecule has 0 N–H and O–H groups in total. The van der Waals surface area contributed by atoms with Gasteiger partial charge in [0.05, 0.1) is 11.4 Å². The van der Waals surface area contributed by atoms with E-state index in [9.17, 15) is 9.59 Å². The van der Waals surface area contributed by atoms with Crippen molar-refractivity contribution in [1.82, 2.24) is 19.8 Å². The van der Waals surface area contributed by atoms with Gasteiger partial charge >= 0.3 is 0 Å². The van der Waals surface area contributed by atoms with Crippen LogP contribution in [0.5, 0.6) is 0 Å². The molecule has 6 heteroatoms. The van der Waals surface area contributed by atoms with Gasteiger partial charge in [-0.1, -0.05) is 36.4 Å². The second kappa shape index (κ2) is 9.52. The quantitative estimate of drug-likeness (QED) is 0.406. The first-order valence-electron chi connectivity index (χ1n) is 10.1. The van der Waals surface area contributed by atoms with E-state index in [1.807, 2.05) is 60.7 Å². The molecule has 4 rings (SSSR count). The molecule has 1 aliphatic heterocycles. The highest BCUT2D eigenvalue weighted by Crippen LogP contribution is 2.33. The summed E-state index contributed by atoms with van der Waals surface area (Å²) < 4.78 is 0. The van der Waals surface area contributed by atoms with Gasteiger partial charge in [-0.05, 0) is 35.4 Å². The van der Waals surface area contributed by atoms with Crippen LogP contribution in [0.2, 0.25) is 0 Å². The molecule has 0 amide bonds. The van der Waals surface area contributed by atoms with Crippen LogP contribution in [0.15, 0.2) is 73.1 Å². The summed E-state index contributed by atoms with van der Waals surface area (Å²) in [5.41, 5.74) is 4.02. The van der Waals surface area contributed by atoms with Gasteiger partial charge in [-0.2, -0.15) is 0 Å². The molecule has 3 aromatic rings. The van der Waals surface area contributed by atoms with E-state index in [-0.39, 0.29) is 5.78 Å². The number of pyridine rings is 2. The van der Waals surface area contributed by atoms with Crippen LogP contribution in [-0.4, -0.2) is 44.9 Å². The summed E-state index contributed by atoms with van der Waals surface area (Å²) in [6.45, 7) is 3.43. The SMILES string of the molecule is O=CC(=O)C1c2ccccc2CN1CCN(Cc1ccccn1)Cc1ccccn1. The number of fused-ring (bicyclic) bond motifs is 1. The van der Waals surface area contributed by atoms with E-state index < -0.39 is 6.04 Å². The van der Waals surface area contributed by atoms with Gasteiger partial charge in [-0.3, -0.25) is 29.4 Å². The second-order valence-corrected chi connectivity index (χ2v) is 7.44. The van der Waals surface area contributed by atoms with E-state index in [1.54, 1.807) is 12.4 Å². The lowest BCUT2D eigenvalue weighted by atomic mass is 10.0. The molecule has 0 saturated carbocycles. The smallest absolute Gasteiger partial charge is 0.216 e. The number of Topliss-reactive ketones (excluding diaryl/α,β-unsaturated/α-hetero) is 1. The van der Waals surface area contributed by atoms with Crippen LogP contribution in [0, 0.1) is 0 Å². The molecule has 0 radical (unpaired) electrons. The fraction of sp³-hybridized carbons (Fsp3) is 0.250. The number of nitrogens with zero attached hydrogens (tertiary/aromatic N) is 4. The first kappa shape index (κ1) is 20.1. The minimum atomic E-state index is -0.495. The third kappa shape index (κ3) is 4.67. The lowest BCUT2D eigenvalue weighted by Crippen LogP contribution is -2.36. The Balaban J connectivity index is 1.49. The van der Waals surface area contributed by atoms with Crippen molar-refractivity contribution < 1.29 is 9.59 Å². The van der Waals surface area contributed by atoms with Gasteiger partial charge in [0, 0.05) is 45.1 Å². The van der Waals surface area contributed by atoms with Crippen LogP contribution in [0.25, 0.3) is 0 Å². The molecule has 1 aliphatic rings. The molecule has 1 atom stereocenters. The van der Waals surface area contributed by atoms with Gasteiger partial charge in [-0.25, -0.2) is 0 Å². The number of rotatable bonds is 9. The molecular formula is C24H24N4O2. The van der Waals surface area contributed by atoms with E-state index in [1.165, 1.54) is 0 Å². The summed E-state index contributed by atoms with van der Waals surface area (Å²) in [5, 5.41) is 0. The number of aldehydes is 1. The van der Waals surface area contributed by atoms with Crippen LogP contribution in [0.3, 0.4) is 0 Å². The molecule has 0 spiro atoms. The Morgan fingerprint density at radius 2 is 1.60 bits per heavy atom. The molecule has 0 aliphatic carbocycles. The zero-order valence-corrected chi connectivity index (χ0v) is 16.7. The first-order valence-corrected chi connectivity index (χ1v) is 10.1. The Labute approximate surface area is 176 Å². The molecule has 0 saturated heterocycles. The van der Waals surface area contributed by atoms with Crippen molar-refractivity contribution in [2.24, 2.45) is 0 Å². The Morgan fingerprint density at radius 3 is 2.20 bits per heavy atom. The molecule has 3 heterocycles. The Bertz CT molecular complexity index is 953. The molecule has 152 valence electrons. The van der Waals surface area contributed by atoms with E-state index >= 15 is 0 Å². The highest BCUT2D eigenvalue weighted by Gasteiger charge is 2.34. The zero-order chi connectivity index (χ0) is 20.8. The van der Waals surface area contributed by atoms with Crippen molar-refractivity contribution in [2.45, 2.75) is 25.7 Å². The van der Waals surface area contributed by atoms with E-state index in [0.29, 0.717) is 32.5 Å². The van der Waals surface area contributed by atoms with Crippen LogP contribution in [0.4, 0.5) is 0 Å². The van der Waals surface area contributed by atoms with Gasteiger partial charge in [-0.15, -0.1) is 0 Å². The molecule has 0 fully saturated rings. The number of carbonyl (C=O) groups excluding carboxylic acids is 2. The lowest BCUT2D eigenvalue weighted by molar-refractivity contribution is -0.133. The zero-order valence-electron chi connectivity index (χ0n) is 16.7. The number of carbonyl (C=O) groups is 2. The summed E-state index contributed by atoms with van der Waals surface area (Å²) in [6, 6.07) is 19.2. The molecular weight excluding hydrogens is 376 g/mol. The van der Waals surface area contributed by atoms with Gasteiger partial charge < -0.3 is 0 Å². The second-order valence-electron chi connectivity index (χ2n) is 7.44. The van der Waals surface area contributed by atoms with Crippen molar-refractivity contribution in [3.63, 3.8) is 0 Å². The van der Waals surface area contributed by atoms with Crippen molar-refractivity contribution in [3.05, 3.63) is 95.6 Å². The van der Waals surface area contributed by atoms with Gasteiger partial charge in [0.2, 0.25) is 5.78 Å². The lowest BCUT2D eigenvalue weighted by Gasteiger charge is -2.27. The Kier molecular flexibility index (Phi) is 6.37. The highest BCUT2D eigenvalue weighted by molar-refractivity contribution is 6.27. The van der Waals surface area contributed by atoms with Crippen molar-refractivity contribution in [3.8, 4) is 0 Å². The largest absolute Gasteiger partial charge is 0.295 e. The van der Waals surface area contributed by atoms with Gasteiger partial charge in [0.25, 0.3) is 0 Å².